The molecule has 0 aromatic carbocycles. The maximum absolute atomic E-state index is 9.73. The van der Waals surface area contributed by atoms with Gasteiger partial charge in [0.25, 0.3) is 0 Å². The van der Waals surface area contributed by atoms with Crippen molar-refractivity contribution in [1.82, 2.24) is 9.78 Å². The highest BCUT2D eigenvalue weighted by atomic mass is 32.1. The van der Waals surface area contributed by atoms with Crippen molar-refractivity contribution in [3.8, 4) is 0 Å². The normalized spacial score (nSPS) is 12.6. The van der Waals surface area contributed by atoms with Gasteiger partial charge in [0.15, 0.2) is 0 Å². The number of aryl methyl sites for hydroxylation is 1. The van der Waals surface area contributed by atoms with Crippen LogP contribution in [-0.4, -0.2) is 34.1 Å². The first-order valence-corrected chi connectivity index (χ1v) is 6.64. The molecule has 0 aliphatic heterocycles. The van der Waals surface area contributed by atoms with Gasteiger partial charge in [-0.05, 0) is 11.4 Å². The van der Waals surface area contributed by atoms with E-state index in [0.717, 1.165) is 5.82 Å². The highest BCUT2D eigenvalue weighted by Crippen LogP contribution is 2.09. The van der Waals surface area contributed by atoms with Gasteiger partial charge in [0.05, 0.1) is 19.3 Å². The van der Waals surface area contributed by atoms with Crippen molar-refractivity contribution in [1.29, 1.82) is 0 Å². The number of aliphatic hydroxyl groups is 1. The molecule has 2 heterocycles. The fourth-order valence-corrected chi connectivity index (χ4v) is 2.12. The average Bonchev–Trinajstić information content (AvgIpc) is 2.98. The molecular formula is C12H17N3O2S. The van der Waals surface area contributed by atoms with E-state index in [1.54, 1.807) is 16.0 Å². The van der Waals surface area contributed by atoms with E-state index in [2.05, 4.69) is 10.4 Å². The van der Waals surface area contributed by atoms with Gasteiger partial charge in [-0.1, -0.05) is 6.07 Å². The number of nitrogens with zero attached hydrogens (tertiary/aromatic N) is 2. The Bertz CT molecular complexity index is 456. The number of hydrogen-bond donors (Lipinski definition) is 2. The lowest BCUT2D eigenvalue weighted by Gasteiger charge is -2.11. The minimum absolute atomic E-state index is 0.317. The predicted molar refractivity (Wildman–Crippen MR) is 71.7 cm³/mol. The monoisotopic (exact) mass is 267 g/mol. The molecule has 2 aromatic rings. The van der Waals surface area contributed by atoms with Gasteiger partial charge in [0, 0.05) is 30.7 Å². The smallest absolute Gasteiger partial charge is 0.148 e. The summed E-state index contributed by atoms with van der Waals surface area (Å²) in [6, 6.07) is 5.87. The van der Waals surface area contributed by atoms with Crippen LogP contribution >= 0.6 is 11.3 Å². The summed E-state index contributed by atoms with van der Waals surface area (Å²) in [5.41, 5.74) is 0. The summed E-state index contributed by atoms with van der Waals surface area (Å²) in [6.45, 7) is 1.30. The Labute approximate surface area is 110 Å². The molecule has 0 amide bonds. The Morgan fingerprint density at radius 1 is 1.56 bits per heavy atom. The lowest BCUT2D eigenvalue weighted by molar-refractivity contribution is 0.0358. The molecule has 18 heavy (non-hydrogen) atoms. The van der Waals surface area contributed by atoms with E-state index in [-0.39, 0.29) is 0 Å². The largest absolute Gasteiger partial charge is 0.389 e. The van der Waals surface area contributed by atoms with Crippen molar-refractivity contribution >= 4 is 17.2 Å². The van der Waals surface area contributed by atoms with E-state index in [1.807, 2.05) is 36.8 Å². The molecule has 5 nitrogen and oxygen atoms in total. The van der Waals surface area contributed by atoms with Crippen LogP contribution in [0.15, 0.2) is 29.8 Å². The molecule has 98 valence electrons. The standard InChI is InChI=1S/C12H17N3O2S/c1-15-5-4-12(14-15)13-7-10(16)8-17-9-11-3-2-6-18-11/h2-6,10,16H,7-9H2,1H3,(H,13,14). The van der Waals surface area contributed by atoms with E-state index >= 15 is 0 Å². The summed E-state index contributed by atoms with van der Waals surface area (Å²) in [5, 5.41) is 18.9. The third kappa shape index (κ3) is 4.14. The second kappa shape index (κ2) is 6.53. The number of aromatic nitrogens is 2. The number of rotatable bonds is 7. The first-order chi connectivity index (χ1) is 8.74. The van der Waals surface area contributed by atoms with Crippen LogP contribution in [0.3, 0.4) is 0 Å². The number of aliphatic hydroxyl groups excluding tert-OH is 1. The summed E-state index contributed by atoms with van der Waals surface area (Å²) < 4.78 is 7.14. The lowest BCUT2D eigenvalue weighted by atomic mass is 10.4. The predicted octanol–water partition coefficient (Wildman–Crippen LogP) is 1.47. The molecule has 0 aliphatic carbocycles. The molecule has 0 fully saturated rings. The van der Waals surface area contributed by atoms with Crippen molar-refractivity contribution < 1.29 is 9.84 Å². The van der Waals surface area contributed by atoms with Crippen LogP contribution in [0.1, 0.15) is 4.88 Å². The van der Waals surface area contributed by atoms with Gasteiger partial charge in [-0.2, -0.15) is 5.10 Å². The Hall–Kier alpha value is -1.37. The van der Waals surface area contributed by atoms with Crippen LogP contribution in [0, 0.1) is 0 Å². The van der Waals surface area contributed by atoms with Gasteiger partial charge in [0.1, 0.15) is 5.82 Å². The highest BCUT2D eigenvalue weighted by Gasteiger charge is 2.05. The highest BCUT2D eigenvalue weighted by molar-refractivity contribution is 7.09. The summed E-state index contributed by atoms with van der Waals surface area (Å²) in [7, 11) is 1.85. The van der Waals surface area contributed by atoms with Gasteiger partial charge in [-0.3, -0.25) is 4.68 Å². The van der Waals surface area contributed by atoms with Crippen molar-refractivity contribution in [2.45, 2.75) is 12.7 Å². The van der Waals surface area contributed by atoms with E-state index in [1.165, 1.54) is 4.88 Å². The number of hydrogen-bond acceptors (Lipinski definition) is 5. The molecule has 2 rings (SSSR count). The van der Waals surface area contributed by atoms with Gasteiger partial charge >= 0.3 is 0 Å². The van der Waals surface area contributed by atoms with Gasteiger partial charge < -0.3 is 15.2 Å². The van der Waals surface area contributed by atoms with Crippen molar-refractivity contribution in [2.75, 3.05) is 18.5 Å². The summed E-state index contributed by atoms with van der Waals surface area (Å²) in [4.78, 5) is 1.17. The Morgan fingerprint density at radius 3 is 3.11 bits per heavy atom. The number of ether oxygens (including phenoxy) is 1. The molecule has 1 atom stereocenters. The fraction of sp³-hybridized carbons (Fsp3) is 0.417. The molecule has 0 saturated carbocycles. The Morgan fingerprint density at radius 2 is 2.44 bits per heavy atom. The molecular weight excluding hydrogens is 250 g/mol. The maximum Gasteiger partial charge on any atom is 0.148 e. The van der Waals surface area contributed by atoms with Gasteiger partial charge in [-0.25, -0.2) is 0 Å². The molecule has 0 spiro atoms. The number of anilines is 1. The first kappa shape index (κ1) is 13.1. The lowest BCUT2D eigenvalue weighted by Crippen LogP contribution is -2.24. The number of nitrogens with one attached hydrogen (secondary N) is 1. The molecule has 6 heteroatoms. The van der Waals surface area contributed by atoms with Crippen LogP contribution in [0.2, 0.25) is 0 Å². The van der Waals surface area contributed by atoms with Gasteiger partial charge in [0.2, 0.25) is 0 Å². The SMILES string of the molecule is Cn1ccc(NCC(O)COCc2cccs2)n1. The van der Waals surface area contributed by atoms with Crippen LogP contribution in [-0.2, 0) is 18.4 Å². The second-order valence-corrected chi connectivity index (χ2v) is 5.04. The Balaban J connectivity index is 1.61. The van der Waals surface area contributed by atoms with Crippen molar-refractivity contribution in [3.05, 3.63) is 34.7 Å². The Kier molecular flexibility index (Phi) is 4.74. The quantitative estimate of drug-likeness (QED) is 0.797. The molecule has 0 radical (unpaired) electrons. The zero-order valence-electron chi connectivity index (χ0n) is 10.2. The van der Waals surface area contributed by atoms with Crippen molar-refractivity contribution in [3.63, 3.8) is 0 Å². The van der Waals surface area contributed by atoms with E-state index in [0.29, 0.717) is 19.8 Å². The first-order valence-electron chi connectivity index (χ1n) is 5.76. The third-order valence-electron chi connectivity index (χ3n) is 2.37. The van der Waals surface area contributed by atoms with Crippen LogP contribution in [0.4, 0.5) is 5.82 Å². The van der Waals surface area contributed by atoms with Crippen LogP contribution in [0.25, 0.3) is 0 Å². The topological polar surface area (TPSA) is 59.3 Å². The number of thiophene rings is 1. The zero-order valence-corrected chi connectivity index (χ0v) is 11.1. The van der Waals surface area contributed by atoms with Crippen LogP contribution in [0.5, 0.6) is 0 Å². The zero-order chi connectivity index (χ0) is 12.8. The van der Waals surface area contributed by atoms with E-state index in [4.69, 9.17) is 4.74 Å². The fourth-order valence-electron chi connectivity index (χ4n) is 1.48. The van der Waals surface area contributed by atoms with E-state index < -0.39 is 6.10 Å². The molecule has 1 unspecified atom stereocenters. The molecule has 2 N–H and O–H groups in total. The maximum atomic E-state index is 9.73. The minimum atomic E-state index is -0.535. The minimum Gasteiger partial charge on any atom is -0.389 e. The molecule has 2 aromatic heterocycles. The van der Waals surface area contributed by atoms with E-state index in [9.17, 15) is 5.11 Å². The van der Waals surface area contributed by atoms with Crippen LogP contribution < -0.4 is 5.32 Å². The molecule has 0 bridgehead atoms. The second-order valence-electron chi connectivity index (χ2n) is 4.00. The molecule has 0 aliphatic rings. The van der Waals surface area contributed by atoms with Gasteiger partial charge in [-0.15, -0.1) is 11.3 Å². The summed E-state index contributed by atoms with van der Waals surface area (Å²) in [6.07, 6.45) is 1.31. The molecule has 0 saturated heterocycles. The summed E-state index contributed by atoms with van der Waals surface area (Å²) in [5.74, 6) is 0.759. The third-order valence-corrected chi connectivity index (χ3v) is 3.22. The van der Waals surface area contributed by atoms with Crippen molar-refractivity contribution in [2.24, 2.45) is 7.05 Å². The summed E-state index contributed by atoms with van der Waals surface area (Å²) >= 11 is 1.65. The average molecular weight is 267 g/mol.